The molecule has 0 aromatic heterocycles. The van der Waals surface area contributed by atoms with Gasteiger partial charge < -0.3 is 39.7 Å². The van der Waals surface area contributed by atoms with E-state index < -0.39 is 47.2 Å². The molecule has 1 heterocycles. The fourth-order valence-corrected chi connectivity index (χ4v) is 5.83. The van der Waals surface area contributed by atoms with Gasteiger partial charge in [0.1, 0.15) is 11.9 Å². The van der Waals surface area contributed by atoms with Gasteiger partial charge in [0.05, 0.1) is 17.4 Å². The molecule has 4 rings (SSSR count). The first-order valence-corrected chi connectivity index (χ1v) is 12.9. The smallest absolute Gasteiger partial charge is 0.352 e. The Kier molecular flexibility index (Phi) is 7.48. The van der Waals surface area contributed by atoms with Crippen molar-refractivity contribution in [1.82, 2.24) is 10.2 Å². The number of aromatic hydroxyl groups is 1. The molecule has 0 unspecified atom stereocenters. The van der Waals surface area contributed by atoms with Crippen LogP contribution in [-0.2, 0) is 35.7 Å². The van der Waals surface area contributed by atoms with Gasteiger partial charge in [-0.1, -0.05) is 13.0 Å². The van der Waals surface area contributed by atoms with Crippen LogP contribution in [0, 0.1) is 0 Å². The van der Waals surface area contributed by atoms with Crippen molar-refractivity contribution in [2.45, 2.75) is 82.3 Å². The average Bonchev–Trinajstić information content (AvgIpc) is 3.20. The molecule has 0 radical (unpaired) electrons. The zero-order valence-electron chi connectivity index (χ0n) is 22.3. The fraction of sp³-hybridized carbons (Fsp3) is 0.593. The second kappa shape index (κ2) is 10.2. The van der Waals surface area contributed by atoms with Gasteiger partial charge in [0, 0.05) is 24.6 Å². The molecule has 1 aromatic carbocycles. The van der Waals surface area contributed by atoms with Crippen LogP contribution in [0.15, 0.2) is 24.0 Å². The minimum absolute atomic E-state index is 0.0558. The molecule has 1 aliphatic heterocycles. The van der Waals surface area contributed by atoms with Crippen LogP contribution in [-0.4, -0.2) is 88.2 Å². The number of phenols is 1. The van der Waals surface area contributed by atoms with E-state index in [2.05, 4.69) is 10.2 Å². The van der Waals surface area contributed by atoms with Crippen LogP contribution in [0.5, 0.6) is 11.5 Å². The number of rotatable bonds is 9. The minimum Gasteiger partial charge on any atom is -0.504 e. The lowest BCUT2D eigenvalue weighted by molar-refractivity contribution is -0.167. The summed E-state index contributed by atoms with van der Waals surface area (Å²) in [6.45, 7) is 7.22. The van der Waals surface area contributed by atoms with Crippen molar-refractivity contribution >= 4 is 17.8 Å². The van der Waals surface area contributed by atoms with E-state index in [9.17, 15) is 29.7 Å². The molecular formula is C27H36N2O9. The van der Waals surface area contributed by atoms with Gasteiger partial charge in [-0.2, -0.15) is 0 Å². The zero-order chi connectivity index (χ0) is 28.0. The third kappa shape index (κ3) is 4.42. The van der Waals surface area contributed by atoms with Gasteiger partial charge in [-0.05, 0) is 58.5 Å². The number of likely N-dealkylation sites (N-methyl/N-ethyl adjacent to an activating group) is 1. The number of benzene rings is 1. The van der Waals surface area contributed by atoms with Gasteiger partial charge >= 0.3 is 11.9 Å². The molecule has 1 amide bonds. The van der Waals surface area contributed by atoms with Crippen LogP contribution >= 0.6 is 0 Å². The molecule has 38 heavy (non-hydrogen) atoms. The van der Waals surface area contributed by atoms with E-state index in [4.69, 9.17) is 14.2 Å². The second-order valence-corrected chi connectivity index (χ2v) is 10.4. The standard InChI is InChI=1S/C27H36N2O9/c1-6-29(5)19-13-16-7-8-17(31)22-21(16)26(4)23(38-22)18(9-11-27(19,26)35)37-25(34)15(3)36-20(32)10-12-28-24(33)14(2)30/h7-9,14-15,19,23,30-31,35H,6,10-13H2,1-5H3,(H,28,33)/t14-,15-,19+,23-,26-,27+/m0/s1. The highest BCUT2D eigenvalue weighted by molar-refractivity contribution is 5.82. The summed E-state index contributed by atoms with van der Waals surface area (Å²) in [7, 11) is 1.95. The first kappa shape index (κ1) is 27.9. The summed E-state index contributed by atoms with van der Waals surface area (Å²) in [5.74, 6) is -1.78. The summed E-state index contributed by atoms with van der Waals surface area (Å²) in [5.41, 5.74) is -0.616. The molecule has 2 aliphatic carbocycles. The van der Waals surface area contributed by atoms with Crippen molar-refractivity contribution in [3.05, 3.63) is 35.1 Å². The van der Waals surface area contributed by atoms with Gasteiger partial charge in [0.25, 0.3) is 0 Å². The van der Waals surface area contributed by atoms with Crippen LogP contribution in [0.3, 0.4) is 0 Å². The molecule has 1 aromatic rings. The van der Waals surface area contributed by atoms with Crippen LogP contribution in [0.1, 0.15) is 51.7 Å². The third-order valence-electron chi connectivity index (χ3n) is 8.14. The van der Waals surface area contributed by atoms with E-state index in [1.54, 1.807) is 12.1 Å². The monoisotopic (exact) mass is 532 g/mol. The molecule has 0 spiro atoms. The van der Waals surface area contributed by atoms with Crippen LogP contribution < -0.4 is 10.1 Å². The molecule has 3 aliphatic rings. The maximum Gasteiger partial charge on any atom is 0.352 e. The molecule has 4 N–H and O–H groups in total. The number of aliphatic hydroxyl groups excluding tert-OH is 1. The molecule has 0 bridgehead atoms. The molecule has 6 atom stereocenters. The lowest BCUT2D eigenvalue weighted by Gasteiger charge is -2.56. The largest absolute Gasteiger partial charge is 0.504 e. The highest BCUT2D eigenvalue weighted by Crippen LogP contribution is 2.62. The number of aliphatic hydroxyl groups is 2. The third-order valence-corrected chi connectivity index (χ3v) is 8.14. The van der Waals surface area contributed by atoms with Gasteiger partial charge in [-0.3, -0.25) is 9.59 Å². The number of amides is 1. The Balaban J connectivity index is 1.52. The number of esters is 2. The zero-order valence-corrected chi connectivity index (χ0v) is 22.3. The van der Waals surface area contributed by atoms with Crippen LogP contribution in [0.4, 0.5) is 0 Å². The van der Waals surface area contributed by atoms with Crippen LogP contribution in [0.2, 0.25) is 0 Å². The highest BCUT2D eigenvalue weighted by Gasteiger charge is 2.68. The summed E-state index contributed by atoms with van der Waals surface area (Å²) in [6, 6.07) is 3.17. The number of hydrogen-bond acceptors (Lipinski definition) is 10. The number of phenolic OH excluding ortho intramolecular Hbond substituents is 1. The summed E-state index contributed by atoms with van der Waals surface area (Å²) >= 11 is 0. The number of nitrogens with zero attached hydrogens (tertiary/aromatic N) is 1. The van der Waals surface area contributed by atoms with Crippen molar-refractivity contribution in [2.75, 3.05) is 20.1 Å². The fourth-order valence-electron chi connectivity index (χ4n) is 5.83. The summed E-state index contributed by atoms with van der Waals surface area (Å²) in [5, 5.41) is 34.3. The minimum atomic E-state index is -1.26. The Morgan fingerprint density at radius 2 is 2.00 bits per heavy atom. The second-order valence-electron chi connectivity index (χ2n) is 10.4. The van der Waals surface area contributed by atoms with Gasteiger partial charge in [-0.15, -0.1) is 0 Å². The Bertz CT molecular complexity index is 1170. The molecule has 208 valence electrons. The molecular weight excluding hydrogens is 496 g/mol. The average molecular weight is 533 g/mol. The predicted molar refractivity (Wildman–Crippen MR) is 134 cm³/mol. The lowest BCUT2D eigenvalue weighted by Crippen LogP contribution is -2.69. The van der Waals surface area contributed by atoms with Crippen molar-refractivity contribution in [3.8, 4) is 11.5 Å². The molecule has 11 heteroatoms. The van der Waals surface area contributed by atoms with E-state index in [-0.39, 0.29) is 42.7 Å². The lowest BCUT2D eigenvalue weighted by atomic mass is 9.54. The first-order valence-electron chi connectivity index (χ1n) is 12.9. The summed E-state index contributed by atoms with van der Waals surface area (Å²) < 4.78 is 17.0. The predicted octanol–water partition coefficient (Wildman–Crippen LogP) is 0.668. The Hall–Kier alpha value is -3.15. The Morgan fingerprint density at radius 3 is 2.66 bits per heavy atom. The van der Waals surface area contributed by atoms with Gasteiger partial charge in [0.15, 0.2) is 23.7 Å². The molecule has 11 nitrogen and oxygen atoms in total. The topological polar surface area (TPSA) is 155 Å². The van der Waals surface area contributed by atoms with Crippen molar-refractivity contribution in [2.24, 2.45) is 0 Å². The number of nitrogens with one attached hydrogen (secondary N) is 1. The SMILES string of the molecule is CCN(C)[C@@H]1Cc2ccc(O)c3c2[C@@]2(C)[C@@H](O3)C(OC(=O)[C@H](C)OC(=O)CCNC(=O)[C@H](C)O)=CC[C@@]12O. The number of hydrogen-bond donors (Lipinski definition) is 4. The van der Waals surface area contributed by atoms with Gasteiger partial charge in [0.2, 0.25) is 5.91 Å². The van der Waals surface area contributed by atoms with Crippen molar-refractivity contribution in [3.63, 3.8) is 0 Å². The number of carbonyl (C=O) groups is 3. The molecule has 0 saturated heterocycles. The maximum absolute atomic E-state index is 12.9. The van der Waals surface area contributed by atoms with Gasteiger partial charge in [-0.25, -0.2) is 4.79 Å². The molecule has 0 saturated carbocycles. The van der Waals surface area contributed by atoms with E-state index in [1.165, 1.54) is 13.8 Å². The number of ether oxygens (including phenoxy) is 3. The Labute approximate surface area is 221 Å². The normalized spacial score (nSPS) is 28.5. The quantitative estimate of drug-likeness (QED) is 0.334. The van der Waals surface area contributed by atoms with E-state index in [0.29, 0.717) is 18.5 Å². The van der Waals surface area contributed by atoms with Crippen LogP contribution in [0.25, 0.3) is 0 Å². The van der Waals surface area contributed by atoms with E-state index >= 15 is 0 Å². The maximum atomic E-state index is 12.9. The molecule has 0 fully saturated rings. The van der Waals surface area contributed by atoms with E-state index in [0.717, 1.165) is 5.56 Å². The van der Waals surface area contributed by atoms with Crippen molar-refractivity contribution in [1.29, 1.82) is 0 Å². The highest BCUT2D eigenvalue weighted by atomic mass is 16.6. The summed E-state index contributed by atoms with van der Waals surface area (Å²) in [6.07, 6.45) is -1.14. The first-order chi connectivity index (χ1) is 17.8. The Morgan fingerprint density at radius 1 is 1.29 bits per heavy atom. The van der Waals surface area contributed by atoms with E-state index in [1.807, 2.05) is 27.0 Å². The summed E-state index contributed by atoms with van der Waals surface area (Å²) in [4.78, 5) is 38.5. The number of carbonyl (C=O) groups excluding carboxylic acids is 3. The van der Waals surface area contributed by atoms with Crippen molar-refractivity contribution < 1.29 is 43.9 Å².